The molecule has 0 aromatic heterocycles. The van der Waals surface area contributed by atoms with Crippen LogP contribution in [0.5, 0.6) is 0 Å². The number of ketones is 1. The molecule has 0 saturated carbocycles. The third-order valence-electron chi connectivity index (χ3n) is 2.95. The van der Waals surface area contributed by atoms with Crippen LogP contribution in [0.25, 0.3) is 0 Å². The van der Waals surface area contributed by atoms with E-state index >= 15 is 0 Å². The molecule has 0 spiro atoms. The number of carboxylic acids is 1. The van der Waals surface area contributed by atoms with Gasteiger partial charge >= 0.3 is 5.97 Å². The second kappa shape index (κ2) is 10.8. The number of hydrogen-bond acceptors (Lipinski definition) is 7. The average Bonchev–Trinajstić information content (AvgIpc) is 2.37. The quantitative estimate of drug-likeness (QED) is 0.610. The lowest BCUT2D eigenvalue weighted by Crippen LogP contribution is -2.33. The summed E-state index contributed by atoms with van der Waals surface area (Å²) in [6, 6.07) is -0.987. The Labute approximate surface area is 139 Å². The highest BCUT2D eigenvalue weighted by Gasteiger charge is 2.24. The molecule has 0 aliphatic rings. The van der Waals surface area contributed by atoms with Crippen molar-refractivity contribution in [2.75, 3.05) is 11.5 Å². The summed E-state index contributed by atoms with van der Waals surface area (Å²) < 4.78 is 0. The smallest absolute Gasteiger partial charge is 0.320 e. The van der Waals surface area contributed by atoms with Crippen LogP contribution in [0, 0.1) is 11.8 Å². The zero-order chi connectivity index (χ0) is 17.3. The normalized spacial score (nSPS) is 13.7. The Morgan fingerprint density at radius 3 is 1.86 bits per heavy atom. The molecule has 126 valence electrons. The maximum Gasteiger partial charge on any atom is 0.320 e. The van der Waals surface area contributed by atoms with E-state index < -0.39 is 17.9 Å². The van der Waals surface area contributed by atoms with Crippen molar-refractivity contribution in [2.24, 2.45) is 17.6 Å². The summed E-state index contributed by atoms with van der Waals surface area (Å²) in [5.74, 6) is -1.03. The van der Waals surface area contributed by atoms with Gasteiger partial charge in [-0.25, -0.2) is 0 Å². The third-order valence-corrected chi connectivity index (χ3v) is 4.91. The topological polar surface area (TPSA) is 115 Å². The van der Waals surface area contributed by atoms with E-state index in [0.29, 0.717) is 11.5 Å². The highest BCUT2D eigenvalue weighted by atomic mass is 32.2. The van der Waals surface area contributed by atoms with E-state index in [1.54, 1.807) is 6.92 Å². The maximum atomic E-state index is 12.3. The number of nitrogens with two attached hydrogens (primary N) is 1. The summed E-state index contributed by atoms with van der Waals surface area (Å²) in [5.41, 5.74) is 5.46. The molecule has 0 aliphatic carbocycles. The van der Waals surface area contributed by atoms with E-state index in [2.05, 4.69) is 0 Å². The van der Waals surface area contributed by atoms with Gasteiger partial charge in [-0.05, 0) is 12.3 Å². The van der Waals surface area contributed by atoms with Gasteiger partial charge in [0.2, 0.25) is 0 Å². The van der Waals surface area contributed by atoms with Crippen LogP contribution in [0.2, 0.25) is 0 Å². The summed E-state index contributed by atoms with van der Waals surface area (Å²) in [4.78, 5) is 45.1. The first kappa shape index (κ1) is 21.1. The lowest BCUT2D eigenvalue weighted by molar-refractivity contribution is -0.139. The molecule has 8 heteroatoms. The fourth-order valence-corrected chi connectivity index (χ4v) is 3.43. The van der Waals surface area contributed by atoms with Crippen molar-refractivity contribution >= 4 is 45.5 Å². The standard InChI is InChI=1S/C14H23NO5S2/c1-8(4-12(15)14(19)20)5-13(18)11(6-21-9(2)16)7-22-10(3)17/h8,11-12H,4-7,15H2,1-3H3,(H,19,20)/t8?,12-/m0/s1. The zero-order valence-corrected chi connectivity index (χ0v) is 14.7. The highest BCUT2D eigenvalue weighted by molar-refractivity contribution is 8.14. The van der Waals surface area contributed by atoms with E-state index in [1.165, 1.54) is 13.8 Å². The predicted octanol–water partition coefficient (Wildman–Crippen LogP) is 1.56. The van der Waals surface area contributed by atoms with Gasteiger partial charge in [-0.2, -0.15) is 0 Å². The molecule has 0 aromatic rings. The average molecular weight is 349 g/mol. The fraction of sp³-hybridized carbons (Fsp3) is 0.714. The second-order valence-corrected chi connectivity index (χ2v) is 7.65. The van der Waals surface area contributed by atoms with Gasteiger partial charge in [0, 0.05) is 37.7 Å². The van der Waals surface area contributed by atoms with Gasteiger partial charge in [-0.15, -0.1) is 0 Å². The Morgan fingerprint density at radius 1 is 1.05 bits per heavy atom. The van der Waals surface area contributed by atoms with Crippen molar-refractivity contribution < 1.29 is 24.3 Å². The molecule has 3 N–H and O–H groups in total. The van der Waals surface area contributed by atoms with E-state index in [4.69, 9.17) is 10.8 Å². The lowest BCUT2D eigenvalue weighted by atomic mass is 9.93. The monoisotopic (exact) mass is 349 g/mol. The van der Waals surface area contributed by atoms with Crippen molar-refractivity contribution in [1.29, 1.82) is 0 Å². The molecular weight excluding hydrogens is 326 g/mol. The molecule has 0 radical (unpaired) electrons. The summed E-state index contributed by atoms with van der Waals surface area (Å²) >= 11 is 2.12. The van der Waals surface area contributed by atoms with Gasteiger partial charge < -0.3 is 10.8 Å². The fourth-order valence-electron chi connectivity index (χ4n) is 1.80. The molecule has 0 rings (SSSR count). The van der Waals surface area contributed by atoms with Crippen LogP contribution in [0.1, 0.15) is 33.6 Å². The van der Waals surface area contributed by atoms with Gasteiger partial charge in [0.15, 0.2) is 10.2 Å². The molecule has 0 aromatic carbocycles. The van der Waals surface area contributed by atoms with Crippen molar-refractivity contribution in [2.45, 2.75) is 39.7 Å². The largest absolute Gasteiger partial charge is 0.480 e. The molecular formula is C14H23NO5S2. The predicted molar refractivity (Wildman–Crippen MR) is 88.8 cm³/mol. The SMILES string of the molecule is CC(=O)SCC(CSC(C)=O)C(=O)CC(C)C[C@H](N)C(=O)O. The van der Waals surface area contributed by atoms with E-state index in [9.17, 15) is 19.2 Å². The van der Waals surface area contributed by atoms with Crippen LogP contribution in [0.3, 0.4) is 0 Å². The first-order chi connectivity index (χ1) is 10.1. The molecule has 0 saturated heterocycles. The Bertz CT molecular complexity index is 409. The van der Waals surface area contributed by atoms with Crippen molar-refractivity contribution in [3.63, 3.8) is 0 Å². The summed E-state index contributed by atoms with van der Waals surface area (Å²) in [7, 11) is 0. The van der Waals surface area contributed by atoms with Crippen LogP contribution in [-0.2, 0) is 19.2 Å². The van der Waals surface area contributed by atoms with Gasteiger partial charge in [0.1, 0.15) is 11.8 Å². The van der Waals surface area contributed by atoms with Gasteiger partial charge in [-0.3, -0.25) is 19.2 Å². The molecule has 0 heterocycles. The Morgan fingerprint density at radius 2 is 1.50 bits per heavy atom. The molecule has 0 bridgehead atoms. The Balaban J connectivity index is 4.55. The second-order valence-electron chi connectivity index (χ2n) is 5.26. The first-order valence-electron chi connectivity index (χ1n) is 6.91. The number of carbonyl (C=O) groups is 4. The van der Waals surface area contributed by atoms with Crippen molar-refractivity contribution in [3.8, 4) is 0 Å². The molecule has 0 aliphatic heterocycles. The number of rotatable bonds is 10. The number of aliphatic carboxylic acids is 1. The van der Waals surface area contributed by atoms with Gasteiger partial charge in [-0.1, -0.05) is 30.4 Å². The molecule has 0 amide bonds. The molecule has 1 unspecified atom stereocenters. The van der Waals surface area contributed by atoms with Gasteiger partial charge in [0.25, 0.3) is 0 Å². The number of Topliss-reactive ketones (excluding diaryl/α,β-unsaturated/α-hetero) is 1. The minimum atomic E-state index is -1.09. The molecule has 6 nitrogen and oxygen atoms in total. The van der Waals surface area contributed by atoms with Crippen LogP contribution in [-0.4, -0.2) is 44.6 Å². The van der Waals surface area contributed by atoms with E-state index in [1.807, 2.05) is 0 Å². The van der Waals surface area contributed by atoms with Crippen molar-refractivity contribution in [1.82, 2.24) is 0 Å². The molecule has 0 fully saturated rings. The Hall–Kier alpha value is -0.860. The minimum absolute atomic E-state index is 0.0624. The lowest BCUT2D eigenvalue weighted by Gasteiger charge is -2.18. The summed E-state index contributed by atoms with van der Waals surface area (Å²) in [5, 5.41) is 8.62. The Kier molecular flexibility index (Phi) is 10.4. The number of carbonyl (C=O) groups excluding carboxylic acids is 3. The van der Waals surface area contributed by atoms with E-state index in [0.717, 1.165) is 23.5 Å². The molecule has 2 atom stereocenters. The number of thioether (sulfide) groups is 2. The van der Waals surface area contributed by atoms with Crippen molar-refractivity contribution in [3.05, 3.63) is 0 Å². The molecule has 22 heavy (non-hydrogen) atoms. The van der Waals surface area contributed by atoms with Crippen LogP contribution < -0.4 is 5.73 Å². The highest BCUT2D eigenvalue weighted by Crippen LogP contribution is 2.21. The maximum absolute atomic E-state index is 12.3. The summed E-state index contributed by atoms with van der Waals surface area (Å²) in [6.45, 7) is 4.63. The minimum Gasteiger partial charge on any atom is -0.480 e. The zero-order valence-electron chi connectivity index (χ0n) is 13.0. The number of hydrogen-bond donors (Lipinski definition) is 2. The van der Waals surface area contributed by atoms with Crippen LogP contribution >= 0.6 is 23.5 Å². The first-order valence-corrected chi connectivity index (χ1v) is 8.88. The van der Waals surface area contributed by atoms with Crippen LogP contribution in [0.4, 0.5) is 0 Å². The van der Waals surface area contributed by atoms with E-state index in [-0.39, 0.29) is 34.8 Å². The number of carboxylic acid groups (broad SMARTS) is 1. The van der Waals surface area contributed by atoms with Crippen LogP contribution in [0.15, 0.2) is 0 Å². The van der Waals surface area contributed by atoms with Gasteiger partial charge in [0.05, 0.1) is 0 Å². The third kappa shape index (κ3) is 9.97. The summed E-state index contributed by atoms with van der Waals surface area (Å²) in [6.07, 6.45) is 0.413.